The van der Waals surface area contributed by atoms with Crippen LogP contribution in [0.3, 0.4) is 0 Å². The van der Waals surface area contributed by atoms with Gasteiger partial charge in [-0.05, 0) is 32.0 Å². The molecule has 25 heavy (non-hydrogen) atoms. The number of fused-ring (bicyclic) bond motifs is 1. The maximum atomic E-state index is 12.7. The molecule has 2 heterocycles. The first-order chi connectivity index (χ1) is 11.1. The van der Waals surface area contributed by atoms with Crippen LogP contribution in [0, 0.1) is 11.3 Å². The molecule has 3 rings (SSSR count). The molecule has 0 aliphatic carbocycles. The lowest BCUT2D eigenvalue weighted by atomic mass is 9.84. The van der Waals surface area contributed by atoms with Crippen LogP contribution in [0.2, 0.25) is 0 Å². The first-order valence-electron chi connectivity index (χ1n) is 8.17. The van der Waals surface area contributed by atoms with E-state index in [0.717, 1.165) is 6.54 Å². The Morgan fingerprint density at radius 3 is 2.68 bits per heavy atom. The summed E-state index contributed by atoms with van der Waals surface area (Å²) >= 11 is 0. The summed E-state index contributed by atoms with van der Waals surface area (Å²) in [4.78, 5) is 14.5. The fraction of sp³-hybridized carbons (Fsp3) is 0.556. The van der Waals surface area contributed by atoms with Gasteiger partial charge < -0.3 is 43.2 Å². The number of carbonyl (C=O) groups excluding carboxylic acids is 1. The highest BCUT2D eigenvalue weighted by molar-refractivity contribution is 5.78. The fourth-order valence-corrected chi connectivity index (χ4v) is 3.51. The molecule has 1 N–H and O–H groups in total. The molecule has 1 aromatic carbocycles. The van der Waals surface area contributed by atoms with Crippen molar-refractivity contribution in [1.82, 2.24) is 4.90 Å². The second-order valence-electron chi connectivity index (χ2n) is 7.86. The van der Waals surface area contributed by atoms with Gasteiger partial charge in [0.05, 0.1) is 44.9 Å². The van der Waals surface area contributed by atoms with Gasteiger partial charge in [-0.15, -0.1) is 0 Å². The van der Waals surface area contributed by atoms with Crippen molar-refractivity contribution in [2.24, 2.45) is 0 Å². The first kappa shape index (κ1) is 19.9. The summed E-state index contributed by atoms with van der Waals surface area (Å²) in [6.07, 6.45) is -0.864. The molecule has 2 aliphatic heterocycles. The Hall–Kier alpha value is -1.37. The van der Waals surface area contributed by atoms with E-state index < -0.39 is 17.7 Å². The second-order valence-corrected chi connectivity index (χ2v) is 7.86. The molecule has 1 amide bonds. The summed E-state index contributed by atoms with van der Waals surface area (Å²) in [5, 5.41) is 20.1. The van der Waals surface area contributed by atoms with Gasteiger partial charge >= 0.3 is 0 Å². The van der Waals surface area contributed by atoms with Crippen LogP contribution in [-0.4, -0.2) is 65.8 Å². The van der Waals surface area contributed by atoms with E-state index in [0.29, 0.717) is 34.4 Å². The summed E-state index contributed by atoms with van der Waals surface area (Å²) in [6.45, 7) is 5.43. The molecule has 1 aromatic rings. The topological polar surface area (TPSA) is 73.6 Å². The fourth-order valence-electron chi connectivity index (χ4n) is 3.51. The molecule has 0 bridgehead atoms. The number of nitriles is 1. The summed E-state index contributed by atoms with van der Waals surface area (Å²) in [5.74, 6) is 0.641. The number of carbonyl (C=O) groups is 1. The van der Waals surface area contributed by atoms with Crippen LogP contribution < -0.4 is 28.7 Å². The molecule has 2 aliphatic rings. The summed E-state index contributed by atoms with van der Waals surface area (Å²) in [6, 6.07) is 6.79. The van der Waals surface area contributed by atoms with Gasteiger partial charge in [-0.25, -0.2) is 0 Å². The Kier molecular flexibility index (Phi) is 5.38. The Balaban J connectivity index is 0.00000225. The minimum absolute atomic E-state index is 0. The first-order valence-corrected chi connectivity index (χ1v) is 8.17. The lowest BCUT2D eigenvalue weighted by molar-refractivity contribution is -0.885. The molecule has 6 nitrogen and oxygen atoms in total. The maximum Gasteiger partial charge on any atom is 0.278 e. The van der Waals surface area contributed by atoms with Gasteiger partial charge in [-0.2, -0.15) is 5.26 Å². The zero-order valence-corrected chi connectivity index (χ0v) is 17.1. The smallest absolute Gasteiger partial charge is 0.278 e. The van der Waals surface area contributed by atoms with E-state index in [9.17, 15) is 15.2 Å². The number of piperazine rings is 1. The molecule has 7 heteroatoms. The SMILES string of the molecule is CC1(C)Oc2ccc(C#N)cc2C(N2CC[N+](C)(C)CC2=O)[C@@H]1O.[I-]. The third-order valence-electron chi connectivity index (χ3n) is 5.01. The number of benzene rings is 1. The molecule has 0 aromatic heterocycles. The quantitative estimate of drug-likeness (QED) is 0.394. The van der Waals surface area contributed by atoms with Gasteiger partial charge in [0, 0.05) is 5.56 Å². The number of quaternary nitrogens is 1. The van der Waals surface area contributed by atoms with Gasteiger partial charge in [-0.1, -0.05) is 0 Å². The predicted octanol–water partition coefficient (Wildman–Crippen LogP) is -1.95. The molecule has 1 fully saturated rings. The molecule has 1 saturated heterocycles. The van der Waals surface area contributed by atoms with Crippen molar-refractivity contribution in [3.05, 3.63) is 29.3 Å². The zero-order valence-electron chi connectivity index (χ0n) is 15.0. The number of hydrogen-bond acceptors (Lipinski definition) is 4. The van der Waals surface area contributed by atoms with Crippen LogP contribution in [0.15, 0.2) is 18.2 Å². The highest BCUT2D eigenvalue weighted by Crippen LogP contribution is 2.43. The Labute approximate surface area is 165 Å². The van der Waals surface area contributed by atoms with E-state index in [2.05, 4.69) is 6.07 Å². The van der Waals surface area contributed by atoms with Crippen LogP contribution in [0.25, 0.3) is 0 Å². The van der Waals surface area contributed by atoms with E-state index >= 15 is 0 Å². The van der Waals surface area contributed by atoms with E-state index in [-0.39, 0.29) is 29.9 Å². The molecule has 136 valence electrons. The number of amides is 1. The number of likely N-dealkylation sites (N-methyl/N-ethyl adjacent to an activating group) is 1. The van der Waals surface area contributed by atoms with Crippen molar-refractivity contribution in [1.29, 1.82) is 5.26 Å². The average molecular weight is 457 g/mol. The Morgan fingerprint density at radius 2 is 2.08 bits per heavy atom. The third kappa shape index (κ3) is 3.61. The van der Waals surface area contributed by atoms with Crippen molar-refractivity contribution in [2.75, 3.05) is 33.7 Å². The number of aliphatic hydroxyl groups excluding tert-OH is 1. The number of nitrogens with zero attached hydrogens (tertiary/aromatic N) is 3. The van der Waals surface area contributed by atoms with Gasteiger partial charge in [0.2, 0.25) is 0 Å². The van der Waals surface area contributed by atoms with E-state index in [1.807, 2.05) is 27.9 Å². The Bertz CT molecular complexity index is 727. The van der Waals surface area contributed by atoms with E-state index in [1.54, 1.807) is 23.1 Å². The third-order valence-corrected chi connectivity index (χ3v) is 5.01. The normalized spacial score (nSPS) is 26.7. The highest BCUT2D eigenvalue weighted by Gasteiger charge is 2.48. The van der Waals surface area contributed by atoms with Crippen LogP contribution in [0.5, 0.6) is 5.75 Å². The maximum absolute atomic E-state index is 12.7. The molecule has 0 saturated carbocycles. The standard InChI is InChI=1S/C18H24N3O3.HI/c1-18(2)17(23)16(20-7-8-21(3,4)11-15(20)22)13-9-12(10-19)5-6-14(13)24-18;/h5-6,9,16-17,23H,7-8,11H2,1-4H3;1H/q+1;/p-1/t16?,17-;/m0./s1. The van der Waals surface area contributed by atoms with Gasteiger partial charge in [0.25, 0.3) is 5.91 Å². The van der Waals surface area contributed by atoms with Crippen LogP contribution in [0.4, 0.5) is 0 Å². The van der Waals surface area contributed by atoms with Crippen LogP contribution in [-0.2, 0) is 4.79 Å². The van der Waals surface area contributed by atoms with Crippen molar-refractivity contribution in [3.63, 3.8) is 0 Å². The summed E-state index contributed by atoms with van der Waals surface area (Å²) in [7, 11) is 4.06. The molecular weight excluding hydrogens is 433 g/mol. The largest absolute Gasteiger partial charge is 1.00 e. The Morgan fingerprint density at radius 1 is 1.40 bits per heavy atom. The number of aliphatic hydroxyl groups is 1. The van der Waals surface area contributed by atoms with E-state index in [4.69, 9.17) is 4.74 Å². The van der Waals surface area contributed by atoms with Crippen LogP contribution in [0.1, 0.15) is 31.0 Å². The molecule has 0 spiro atoms. The van der Waals surface area contributed by atoms with Crippen molar-refractivity contribution in [2.45, 2.75) is 31.6 Å². The molecule has 1 unspecified atom stereocenters. The zero-order chi connectivity index (χ0) is 17.7. The monoisotopic (exact) mass is 457 g/mol. The second kappa shape index (κ2) is 6.74. The molecule has 2 atom stereocenters. The van der Waals surface area contributed by atoms with Crippen molar-refractivity contribution < 1.29 is 43.1 Å². The van der Waals surface area contributed by atoms with Gasteiger partial charge in [0.1, 0.15) is 17.5 Å². The van der Waals surface area contributed by atoms with Gasteiger partial charge in [0.15, 0.2) is 6.54 Å². The lowest BCUT2D eigenvalue weighted by Crippen LogP contribution is -3.00. The molecule has 0 radical (unpaired) electrons. The number of rotatable bonds is 1. The minimum atomic E-state index is -0.864. The van der Waals surface area contributed by atoms with Crippen molar-refractivity contribution in [3.8, 4) is 11.8 Å². The summed E-state index contributed by atoms with van der Waals surface area (Å²) < 4.78 is 6.57. The minimum Gasteiger partial charge on any atom is -1.00 e. The van der Waals surface area contributed by atoms with Crippen LogP contribution >= 0.6 is 0 Å². The molecular formula is C18H24IN3O3. The van der Waals surface area contributed by atoms with E-state index in [1.165, 1.54) is 0 Å². The highest BCUT2D eigenvalue weighted by atomic mass is 127. The summed E-state index contributed by atoms with van der Waals surface area (Å²) in [5.41, 5.74) is 0.393. The average Bonchev–Trinajstić information content (AvgIpc) is 2.48. The predicted molar refractivity (Wildman–Crippen MR) is 88.2 cm³/mol. The number of halogens is 1. The lowest BCUT2D eigenvalue weighted by Gasteiger charge is -2.48. The number of ether oxygens (including phenoxy) is 1. The van der Waals surface area contributed by atoms with Crippen molar-refractivity contribution >= 4 is 5.91 Å². The van der Waals surface area contributed by atoms with Gasteiger partial charge in [-0.3, -0.25) is 4.79 Å². The number of hydrogen-bond donors (Lipinski definition) is 1.